The van der Waals surface area contributed by atoms with Crippen molar-refractivity contribution in [2.75, 3.05) is 26.2 Å². The number of fused-ring (bicyclic) bond motifs is 2. The fraction of sp³-hybridized carbons (Fsp3) is 1.00. The van der Waals surface area contributed by atoms with Crippen LogP contribution in [-0.4, -0.2) is 60.7 Å². The Kier molecular flexibility index (Phi) is 4.83. The molecule has 2 aliphatic carbocycles. The maximum absolute atomic E-state index is 10.4. The molecule has 134 valence electrons. The van der Waals surface area contributed by atoms with Crippen LogP contribution < -0.4 is 0 Å². The standard InChI is InChI=1S/C19H35NO3/c1-13-9-20(10-14(2)23-13)11-16(21)12-22-17-8-15-6-7-19(17,5)18(15,3)4/h13-17,21H,6-12H2,1-5H3/t13-,14-,15-,16-,17+,19-/m0/s1. The summed E-state index contributed by atoms with van der Waals surface area (Å²) in [5.41, 5.74) is 0.650. The van der Waals surface area contributed by atoms with Gasteiger partial charge in [0.15, 0.2) is 0 Å². The smallest absolute Gasteiger partial charge is 0.0900 e. The highest BCUT2D eigenvalue weighted by atomic mass is 16.5. The molecule has 0 spiro atoms. The average Bonchev–Trinajstić information content (AvgIpc) is 2.76. The van der Waals surface area contributed by atoms with Gasteiger partial charge in [0.05, 0.1) is 31.0 Å². The number of aliphatic hydroxyl groups is 1. The van der Waals surface area contributed by atoms with Crippen molar-refractivity contribution < 1.29 is 14.6 Å². The molecule has 1 aliphatic heterocycles. The molecule has 2 bridgehead atoms. The monoisotopic (exact) mass is 325 g/mol. The van der Waals surface area contributed by atoms with Crippen molar-refractivity contribution in [1.29, 1.82) is 0 Å². The fourth-order valence-corrected chi connectivity index (χ4v) is 5.39. The van der Waals surface area contributed by atoms with E-state index >= 15 is 0 Å². The molecule has 3 rings (SSSR count). The number of hydrogen-bond acceptors (Lipinski definition) is 4. The molecule has 0 radical (unpaired) electrons. The van der Waals surface area contributed by atoms with Gasteiger partial charge in [-0.1, -0.05) is 20.8 Å². The molecule has 1 N–H and O–H groups in total. The van der Waals surface area contributed by atoms with Crippen LogP contribution in [0.2, 0.25) is 0 Å². The topological polar surface area (TPSA) is 41.9 Å². The maximum Gasteiger partial charge on any atom is 0.0900 e. The second-order valence-corrected chi connectivity index (χ2v) is 9.06. The minimum absolute atomic E-state index is 0.247. The zero-order valence-corrected chi connectivity index (χ0v) is 15.5. The summed E-state index contributed by atoms with van der Waals surface area (Å²) in [5, 5.41) is 10.4. The van der Waals surface area contributed by atoms with E-state index in [1.54, 1.807) is 0 Å². The summed E-state index contributed by atoms with van der Waals surface area (Å²) >= 11 is 0. The molecule has 1 saturated heterocycles. The number of hydrogen-bond donors (Lipinski definition) is 1. The third-order valence-electron chi connectivity index (χ3n) is 7.17. The lowest BCUT2D eigenvalue weighted by Gasteiger charge is -2.39. The van der Waals surface area contributed by atoms with Crippen molar-refractivity contribution in [2.24, 2.45) is 16.7 Å². The summed E-state index contributed by atoms with van der Waals surface area (Å²) in [4.78, 5) is 2.30. The van der Waals surface area contributed by atoms with Gasteiger partial charge in [0.2, 0.25) is 0 Å². The molecule has 4 nitrogen and oxygen atoms in total. The first-order valence-corrected chi connectivity index (χ1v) is 9.40. The Morgan fingerprint density at radius 1 is 1.22 bits per heavy atom. The van der Waals surface area contributed by atoms with Gasteiger partial charge >= 0.3 is 0 Å². The SMILES string of the molecule is C[C@H]1CN(C[C@H](O)CO[C@@H]2C[C@@H]3CC[C@]2(C)C3(C)C)C[C@H](C)O1. The van der Waals surface area contributed by atoms with E-state index in [0.29, 0.717) is 24.7 Å². The second kappa shape index (κ2) is 6.29. The van der Waals surface area contributed by atoms with Crippen molar-refractivity contribution >= 4 is 0 Å². The van der Waals surface area contributed by atoms with Crippen molar-refractivity contribution in [1.82, 2.24) is 4.90 Å². The molecular formula is C19H35NO3. The largest absolute Gasteiger partial charge is 0.389 e. The van der Waals surface area contributed by atoms with Gasteiger partial charge in [0, 0.05) is 19.6 Å². The highest BCUT2D eigenvalue weighted by Crippen LogP contribution is 2.66. The van der Waals surface area contributed by atoms with Crippen LogP contribution in [0.4, 0.5) is 0 Å². The van der Waals surface area contributed by atoms with Gasteiger partial charge in [-0.3, -0.25) is 4.90 Å². The molecular weight excluding hydrogens is 290 g/mol. The molecule has 3 fully saturated rings. The lowest BCUT2D eigenvalue weighted by atomic mass is 9.70. The van der Waals surface area contributed by atoms with Crippen molar-refractivity contribution in [3.05, 3.63) is 0 Å². The van der Waals surface area contributed by atoms with Crippen molar-refractivity contribution in [2.45, 2.75) is 78.3 Å². The van der Waals surface area contributed by atoms with Crippen molar-refractivity contribution in [3.63, 3.8) is 0 Å². The van der Waals surface area contributed by atoms with E-state index in [4.69, 9.17) is 9.47 Å². The summed E-state index contributed by atoms with van der Waals surface area (Å²) in [7, 11) is 0. The van der Waals surface area contributed by atoms with Crippen LogP contribution in [0.1, 0.15) is 53.9 Å². The Hall–Kier alpha value is -0.160. The Morgan fingerprint density at radius 2 is 1.87 bits per heavy atom. The van der Waals surface area contributed by atoms with Crippen LogP contribution in [0, 0.1) is 16.7 Å². The molecule has 0 unspecified atom stereocenters. The van der Waals surface area contributed by atoms with Gasteiger partial charge in [-0.2, -0.15) is 0 Å². The Morgan fingerprint density at radius 3 is 2.39 bits per heavy atom. The number of nitrogens with zero attached hydrogens (tertiary/aromatic N) is 1. The zero-order chi connectivity index (χ0) is 16.8. The maximum atomic E-state index is 10.4. The molecule has 2 saturated carbocycles. The molecule has 0 amide bonds. The highest BCUT2D eigenvalue weighted by molar-refractivity contribution is 5.11. The van der Waals surface area contributed by atoms with Crippen molar-refractivity contribution in [3.8, 4) is 0 Å². The number of morpholine rings is 1. The van der Waals surface area contributed by atoms with Gasteiger partial charge in [-0.05, 0) is 49.9 Å². The summed E-state index contributed by atoms with van der Waals surface area (Å²) in [6, 6.07) is 0. The summed E-state index contributed by atoms with van der Waals surface area (Å²) in [6.07, 6.45) is 4.18. The summed E-state index contributed by atoms with van der Waals surface area (Å²) in [5.74, 6) is 0.788. The first-order valence-electron chi connectivity index (χ1n) is 9.40. The van der Waals surface area contributed by atoms with E-state index < -0.39 is 6.10 Å². The van der Waals surface area contributed by atoms with Gasteiger partial charge in [-0.15, -0.1) is 0 Å². The molecule has 23 heavy (non-hydrogen) atoms. The minimum Gasteiger partial charge on any atom is -0.389 e. The van der Waals surface area contributed by atoms with E-state index in [0.717, 1.165) is 19.0 Å². The second-order valence-electron chi connectivity index (χ2n) is 9.06. The Balaban J connectivity index is 1.48. The van der Waals surface area contributed by atoms with Gasteiger partial charge in [-0.25, -0.2) is 0 Å². The van der Waals surface area contributed by atoms with Gasteiger partial charge < -0.3 is 14.6 Å². The van der Waals surface area contributed by atoms with Crippen LogP contribution in [0.3, 0.4) is 0 Å². The van der Waals surface area contributed by atoms with Gasteiger partial charge in [0.25, 0.3) is 0 Å². The number of ether oxygens (including phenoxy) is 2. The van der Waals surface area contributed by atoms with Crippen LogP contribution in [0.25, 0.3) is 0 Å². The first-order chi connectivity index (χ1) is 10.7. The van der Waals surface area contributed by atoms with E-state index in [1.807, 2.05) is 0 Å². The minimum atomic E-state index is -0.404. The van der Waals surface area contributed by atoms with Crippen LogP contribution >= 0.6 is 0 Å². The lowest BCUT2D eigenvalue weighted by molar-refractivity contribution is -0.0996. The van der Waals surface area contributed by atoms with Crippen LogP contribution in [-0.2, 0) is 9.47 Å². The Labute approximate surface area is 141 Å². The first kappa shape index (κ1) is 17.7. The number of aliphatic hydroxyl groups excluding tert-OH is 1. The third-order valence-corrected chi connectivity index (χ3v) is 7.17. The predicted molar refractivity (Wildman–Crippen MR) is 91.4 cm³/mol. The predicted octanol–water partition coefficient (Wildman–Crippen LogP) is 2.69. The normalized spacial score (nSPS) is 44.6. The molecule has 0 aromatic rings. The third kappa shape index (κ3) is 3.20. The summed E-state index contributed by atoms with van der Waals surface area (Å²) < 4.78 is 12.0. The Bertz CT molecular complexity index is 417. The highest BCUT2D eigenvalue weighted by Gasteiger charge is 2.61. The molecule has 4 heteroatoms. The molecule has 0 aromatic carbocycles. The van der Waals surface area contributed by atoms with E-state index in [9.17, 15) is 5.11 Å². The van der Waals surface area contributed by atoms with Crippen LogP contribution in [0.15, 0.2) is 0 Å². The van der Waals surface area contributed by atoms with E-state index in [1.165, 1.54) is 19.3 Å². The molecule has 0 aromatic heterocycles. The van der Waals surface area contributed by atoms with E-state index in [2.05, 4.69) is 39.5 Å². The quantitative estimate of drug-likeness (QED) is 0.844. The molecule has 3 aliphatic rings. The number of rotatable bonds is 5. The molecule has 1 heterocycles. The molecule has 6 atom stereocenters. The lowest BCUT2D eigenvalue weighted by Crippen LogP contribution is -2.49. The van der Waals surface area contributed by atoms with E-state index in [-0.39, 0.29) is 17.6 Å². The van der Waals surface area contributed by atoms with Crippen LogP contribution in [0.5, 0.6) is 0 Å². The zero-order valence-electron chi connectivity index (χ0n) is 15.5. The van der Waals surface area contributed by atoms with Gasteiger partial charge in [0.1, 0.15) is 0 Å². The average molecular weight is 325 g/mol. The fourth-order valence-electron chi connectivity index (χ4n) is 5.39. The number of β-amino-alcohol motifs (C(OH)–C–C–N with tert-alkyl or cyclic N) is 1. The summed E-state index contributed by atoms with van der Waals surface area (Å²) in [6.45, 7) is 14.4.